The second-order valence-electron chi connectivity index (χ2n) is 6.47. The molecule has 0 aromatic carbocycles. The quantitative estimate of drug-likeness (QED) is 0.825. The second kappa shape index (κ2) is 7.26. The number of hydrogen-bond acceptors (Lipinski definition) is 3. The molecule has 2 atom stereocenters. The molecule has 114 valence electrons. The molecule has 0 radical (unpaired) electrons. The Bertz CT molecular complexity index is 410. The van der Waals surface area contributed by atoms with E-state index >= 15 is 0 Å². The number of rotatable bonds is 6. The van der Waals surface area contributed by atoms with E-state index in [0.29, 0.717) is 18.0 Å². The van der Waals surface area contributed by atoms with Crippen LogP contribution in [-0.4, -0.2) is 23.5 Å². The lowest BCUT2D eigenvalue weighted by atomic mass is 10.0. The van der Waals surface area contributed by atoms with Gasteiger partial charge in [0.05, 0.1) is 10.4 Å². The minimum Gasteiger partial charge on any atom is -0.326 e. The Hall–Kier alpha value is -0.0900. The predicted molar refractivity (Wildman–Crippen MR) is 89.5 cm³/mol. The summed E-state index contributed by atoms with van der Waals surface area (Å²) < 4.78 is 0.863. The van der Waals surface area contributed by atoms with Gasteiger partial charge in [-0.2, -0.15) is 0 Å². The lowest BCUT2D eigenvalue weighted by molar-refractivity contribution is 0.106. The van der Waals surface area contributed by atoms with E-state index in [1.165, 1.54) is 30.6 Å². The van der Waals surface area contributed by atoms with Crippen LogP contribution >= 0.6 is 22.9 Å². The molecule has 1 aliphatic carbocycles. The summed E-state index contributed by atoms with van der Waals surface area (Å²) in [6.07, 6.45) is 5.34. The summed E-state index contributed by atoms with van der Waals surface area (Å²) in [5.41, 5.74) is 6.34. The van der Waals surface area contributed by atoms with Gasteiger partial charge >= 0.3 is 0 Å². The van der Waals surface area contributed by atoms with Crippen LogP contribution in [0.25, 0.3) is 0 Å². The minimum absolute atomic E-state index is 0.129. The van der Waals surface area contributed by atoms with Crippen molar-refractivity contribution in [1.82, 2.24) is 4.90 Å². The van der Waals surface area contributed by atoms with E-state index in [9.17, 15) is 0 Å². The summed E-state index contributed by atoms with van der Waals surface area (Å²) in [5.74, 6) is 0.660. The molecule has 0 aliphatic heterocycles. The van der Waals surface area contributed by atoms with Crippen LogP contribution < -0.4 is 5.73 Å². The van der Waals surface area contributed by atoms with Crippen molar-refractivity contribution in [3.05, 3.63) is 21.3 Å². The molecular formula is C16H27ClN2S. The molecule has 2 nitrogen and oxygen atoms in total. The van der Waals surface area contributed by atoms with Gasteiger partial charge in [-0.25, -0.2) is 0 Å². The van der Waals surface area contributed by atoms with Crippen LogP contribution in [0.5, 0.6) is 0 Å². The number of thiophene rings is 1. The van der Waals surface area contributed by atoms with Gasteiger partial charge in [-0.3, -0.25) is 4.90 Å². The van der Waals surface area contributed by atoms with E-state index in [1.54, 1.807) is 11.3 Å². The second-order valence-corrected chi connectivity index (χ2v) is 8.22. The maximum Gasteiger partial charge on any atom is 0.0931 e. The molecule has 1 saturated carbocycles. The first-order chi connectivity index (χ1) is 9.49. The standard InChI is InChI=1S/C16H27ClN2S/c1-11(2)10-19(13-6-4-5-7-13)16(12(3)18)14-8-9-15(17)20-14/h8-9,11-13,16H,4-7,10,18H2,1-3H3. The normalized spacial score (nSPS) is 19.9. The van der Waals surface area contributed by atoms with Gasteiger partial charge in [0, 0.05) is 23.5 Å². The van der Waals surface area contributed by atoms with Crippen LogP contribution in [0.2, 0.25) is 4.34 Å². The first kappa shape index (κ1) is 16.3. The first-order valence-electron chi connectivity index (χ1n) is 7.75. The zero-order chi connectivity index (χ0) is 14.7. The number of nitrogens with zero attached hydrogens (tertiary/aromatic N) is 1. The number of hydrogen-bond donors (Lipinski definition) is 1. The first-order valence-corrected chi connectivity index (χ1v) is 8.95. The van der Waals surface area contributed by atoms with Crippen molar-refractivity contribution in [1.29, 1.82) is 0 Å². The van der Waals surface area contributed by atoms with Crippen molar-refractivity contribution in [2.75, 3.05) is 6.54 Å². The van der Waals surface area contributed by atoms with Gasteiger partial charge in [-0.05, 0) is 37.8 Å². The predicted octanol–water partition coefficient (Wildman–Crippen LogP) is 4.69. The van der Waals surface area contributed by atoms with Crippen LogP contribution in [0.1, 0.15) is 57.4 Å². The molecule has 2 N–H and O–H groups in total. The van der Waals surface area contributed by atoms with Crippen molar-refractivity contribution in [3.63, 3.8) is 0 Å². The molecule has 2 unspecified atom stereocenters. The number of halogens is 1. The fourth-order valence-corrected chi connectivity index (χ4v) is 4.66. The van der Waals surface area contributed by atoms with Gasteiger partial charge in [0.2, 0.25) is 0 Å². The summed E-state index contributed by atoms with van der Waals surface area (Å²) in [6, 6.07) is 5.28. The van der Waals surface area contributed by atoms with E-state index in [2.05, 4.69) is 31.7 Å². The minimum atomic E-state index is 0.129. The Balaban J connectivity index is 2.25. The molecule has 0 bridgehead atoms. The summed E-state index contributed by atoms with van der Waals surface area (Å²) in [6.45, 7) is 7.83. The monoisotopic (exact) mass is 314 g/mol. The third-order valence-electron chi connectivity index (χ3n) is 4.11. The molecule has 20 heavy (non-hydrogen) atoms. The van der Waals surface area contributed by atoms with Crippen molar-refractivity contribution in [2.45, 2.75) is 64.6 Å². The molecule has 4 heteroatoms. The van der Waals surface area contributed by atoms with E-state index in [-0.39, 0.29) is 6.04 Å². The Labute approximate surface area is 132 Å². The Kier molecular flexibility index (Phi) is 5.91. The SMILES string of the molecule is CC(C)CN(C1CCCC1)C(c1ccc(Cl)s1)C(C)N. The maximum atomic E-state index is 6.34. The summed E-state index contributed by atoms with van der Waals surface area (Å²) in [7, 11) is 0. The largest absolute Gasteiger partial charge is 0.326 e. The highest BCUT2D eigenvalue weighted by molar-refractivity contribution is 7.16. The van der Waals surface area contributed by atoms with Crippen molar-refractivity contribution >= 4 is 22.9 Å². The van der Waals surface area contributed by atoms with Gasteiger partial charge in [0.25, 0.3) is 0 Å². The van der Waals surface area contributed by atoms with Crippen molar-refractivity contribution < 1.29 is 0 Å². The molecule has 1 aliphatic rings. The van der Waals surface area contributed by atoms with E-state index in [0.717, 1.165) is 10.9 Å². The third kappa shape index (κ3) is 3.97. The Morgan fingerprint density at radius 1 is 1.30 bits per heavy atom. The highest BCUT2D eigenvalue weighted by Crippen LogP contribution is 2.37. The number of nitrogens with two attached hydrogens (primary N) is 1. The summed E-state index contributed by atoms with van der Waals surface area (Å²) in [5, 5.41) is 0. The maximum absolute atomic E-state index is 6.34. The lowest BCUT2D eigenvalue weighted by Crippen LogP contribution is -2.45. The van der Waals surface area contributed by atoms with Gasteiger partial charge in [-0.1, -0.05) is 38.3 Å². The van der Waals surface area contributed by atoms with E-state index < -0.39 is 0 Å². The van der Waals surface area contributed by atoms with Crippen LogP contribution in [0.3, 0.4) is 0 Å². The molecule has 0 saturated heterocycles. The zero-order valence-corrected chi connectivity index (χ0v) is 14.4. The molecule has 2 rings (SSSR count). The molecule has 1 heterocycles. The van der Waals surface area contributed by atoms with Crippen LogP contribution in [0, 0.1) is 5.92 Å². The fourth-order valence-electron chi connectivity index (χ4n) is 3.36. The van der Waals surface area contributed by atoms with Crippen LogP contribution in [0.15, 0.2) is 12.1 Å². The highest BCUT2D eigenvalue weighted by atomic mass is 35.5. The molecule has 0 amide bonds. The van der Waals surface area contributed by atoms with Crippen molar-refractivity contribution in [3.8, 4) is 0 Å². The fraction of sp³-hybridized carbons (Fsp3) is 0.750. The molecule has 1 aromatic rings. The molecule has 1 fully saturated rings. The van der Waals surface area contributed by atoms with Crippen LogP contribution in [0.4, 0.5) is 0 Å². The highest BCUT2D eigenvalue weighted by Gasteiger charge is 2.32. The molecule has 0 spiro atoms. The molecule has 1 aromatic heterocycles. The Morgan fingerprint density at radius 3 is 2.40 bits per heavy atom. The molecular weight excluding hydrogens is 288 g/mol. The van der Waals surface area contributed by atoms with Gasteiger partial charge in [0.15, 0.2) is 0 Å². The summed E-state index contributed by atoms with van der Waals surface area (Å²) >= 11 is 7.82. The average Bonchev–Trinajstić information content (AvgIpc) is 2.98. The summed E-state index contributed by atoms with van der Waals surface area (Å²) in [4.78, 5) is 3.97. The van der Waals surface area contributed by atoms with Gasteiger partial charge in [-0.15, -0.1) is 11.3 Å². The van der Waals surface area contributed by atoms with E-state index in [4.69, 9.17) is 17.3 Å². The lowest BCUT2D eigenvalue weighted by Gasteiger charge is -2.39. The van der Waals surface area contributed by atoms with Crippen LogP contribution in [-0.2, 0) is 0 Å². The van der Waals surface area contributed by atoms with Crippen molar-refractivity contribution in [2.24, 2.45) is 11.7 Å². The van der Waals surface area contributed by atoms with Gasteiger partial charge in [0.1, 0.15) is 0 Å². The van der Waals surface area contributed by atoms with Gasteiger partial charge < -0.3 is 5.73 Å². The third-order valence-corrected chi connectivity index (χ3v) is 5.41. The zero-order valence-electron chi connectivity index (χ0n) is 12.8. The smallest absolute Gasteiger partial charge is 0.0931 e. The Morgan fingerprint density at radius 2 is 1.95 bits per heavy atom. The van der Waals surface area contributed by atoms with E-state index in [1.807, 2.05) is 6.07 Å². The topological polar surface area (TPSA) is 29.3 Å². The average molecular weight is 315 g/mol.